The summed E-state index contributed by atoms with van der Waals surface area (Å²) < 4.78 is 8.05. The molecule has 0 saturated carbocycles. The van der Waals surface area contributed by atoms with Crippen LogP contribution in [0.4, 0.5) is 10.5 Å². The van der Waals surface area contributed by atoms with Gasteiger partial charge < -0.3 is 9.30 Å². The Labute approximate surface area is 222 Å². The molecule has 38 heavy (non-hydrogen) atoms. The summed E-state index contributed by atoms with van der Waals surface area (Å²) >= 11 is 0. The maximum Gasteiger partial charge on any atom is 0.411 e. The molecule has 4 aromatic rings. The maximum absolute atomic E-state index is 13.0. The zero-order chi connectivity index (χ0) is 25.9. The van der Waals surface area contributed by atoms with Crippen LogP contribution in [0, 0.1) is 5.92 Å². The van der Waals surface area contributed by atoms with E-state index in [1.807, 2.05) is 72.9 Å². The molecule has 6 nitrogen and oxygen atoms in total. The summed E-state index contributed by atoms with van der Waals surface area (Å²) in [6.07, 6.45) is 8.82. The van der Waals surface area contributed by atoms with E-state index in [1.54, 1.807) is 0 Å². The average molecular weight is 506 g/mol. The molecule has 3 saturated heterocycles. The van der Waals surface area contributed by atoms with E-state index in [-0.39, 0.29) is 6.10 Å². The van der Waals surface area contributed by atoms with Crippen molar-refractivity contribution in [2.45, 2.75) is 25.5 Å². The Morgan fingerprint density at radius 2 is 1.79 bits per heavy atom. The minimum absolute atomic E-state index is 0.0419. The molecule has 1 amide bonds. The predicted molar refractivity (Wildman–Crippen MR) is 151 cm³/mol. The molecule has 3 aromatic carbocycles. The van der Waals surface area contributed by atoms with Gasteiger partial charge in [-0.15, -0.1) is 0 Å². The molecule has 1 N–H and O–H groups in total. The van der Waals surface area contributed by atoms with E-state index < -0.39 is 6.09 Å². The summed E-state index contributed by atoms with van der Waals surface area (Å²) in [5, 5.41) is 4.09. The van der Waals surface area contributed by atoms with Gasteiger partial charge in [0.1, 0.15) is 12.4 Å². The first-order valence-corrected chi connectivity index (χ1v) is 13.3. The number of amides is 1. The fraction of sp³-hybridized carbons (Fsp3) is 0.250. The number of piperidine rings is 3. The lowest BCUT2D eigenvalue weighted by atomic mass is 9.86. The first-order valence-electron chi connectivity index (χ1n) is 13.3. The number of carbonyl (C=O) groups excluding carboxylic acids is 2. The molecule has 0 aliphatic carbocycles. The Balaban J connectivity index is 1.20. The topological polar surface area (TPSA) is 63.6 Å². The standard InChI is InChI=1S/C32H31N3O3/c36-22-24-9-11-30-27(19-24)14-18-35(30)15-4-5-23-8-10-28(25-6-2-1-3-7-25)29(20-23)33-32(37)38-31-21-34-16-12-26(31)13-17-34/h1-11,14,18-20,22,26,31H,12-13,15-17,21H2,(H,33,37)/b5-4+/t31-/m0/s1. The molecular weight excluding hydrogens is 474 g/mol. The van der Waals surface area contributed by atoms with Crippen molar-refractivity contribution in [2.75, 3.05) is 25.0 Å². The maximum atomic E-state index is 13.0. The Bertz CT molecular complexity index is 1480. The van der Waals surface area contributed by atoms with Crippen LogP contribution in [0.2, 0.25) is 0 Å². The second kappa shape index (κ2) is 10.7. The number of rotatable bonds is 7. The van der Waals surface area contributed by atoms with Crippen molar-refractivity contribution in [1.82, 2.24) is 9.47 Å². The quantitative estimate of drug-likeness (QED) is 0.292. The molecule has 0 unspecified atom stereocenters. The van der Waals surface area contributed by atoms with Gasteiger partial charge in [-0.3, -0.25) is 15.0 Å². The number of fused-ring (bicyclic) bond motifs is 4. The number of nitrogens with zero attached hydrogens (tertiary/aromatic N) is 2. The first-order chi connectivity index (χ1) is 18.7. The summed E-state index contributed by atoms with van der Waals surface area (Å²) in [6, 6.07) is 23.9. The Morgan fingerprint density at radius 1 is 0.974 bits per heavy atom. The van der Waals surface area contributed by atoms with E-state index in [4.69, 9.17) is 4.74 Å². The van der Waals surface area contributed by atoms with E-state index in [0.29, 0.717) is 18.0 Å². The van der Waals surface area contributed by atoms with Crippen molar-refractivity contribution < 1.29 is 14.3 Å². The van der Waals surface area contributed by atoms with Crippen LogP contribution in [-0.2, 0) is 11.3 Å². The summed E-state index contributed by atoms with van der Waals surface area (Å²) in [5.41, 5.74) is 5.47. The van der Waals surface area contributed by atoms with Crippen molar-refractivity contribution in [3.05, 3.63) is 96.2 Å². The summed E-state index contributed by atoms with van der Waals surface area (Å²) in [7, 11) is 0. The lowest BCUT2D eigenvalue weighted by Gasteiger charge is -2.43. The number of allylic oxidation sites excluding steroid dienone is 1. The zero-order valence-corrected chi connectivity index (χ0v) is 21.3. The van der Waals surface area contributed by atoms with Gasteiger partial charge in [-0.05, 0) is 73.3 Å². The van der Waals surface area contributed by atoms with Crippen molar-refractivity contribution in [2.24, 2.45) is 5.92 Å². The normalized spacial score (nSPS) is 20.6. The number of ether oxygens (including phenoxy) is 1. The van der Waals surface area contributed by atoms with Gasteiger partial charge in [0.05, 0.1) is 5.69 Å². The van der Waals surface area contributed by atoms with Crippen molar-refractivity contribution in [3.63, 3.8) is 0 Å². The lowest BCUT2D eigenvalue weighted by molar-refractivity contribution is -0.0289. The number of aromatic nitrogens is 1. The van der Waals surface area contributed by atoms with Crippen LogP contribution in [0.25, 0.3) is 28.1 Å². The molecule has 192 valence electrons. The van der Waals surface area contributed by atoms with Gasteiger partial charge in [0.15, 0.2) is 0 Å². The lowest BCUT2D eigenvalue weighted by Crippen LogP contribution is -2.52. The minimum Gasteiger partial charge on any atom is -0.444 e. The first kappa shape index (κ1) is 24.2. The average Bonchev–Trinajstić information content (AvgIpc) is 3.36. The highest BCUT2D eigenvalue weighted by Gasteiger charge is 2.36. The second-order valence-corrected chi connectivity index (χ2v) is 10.2. The van der Waals surface area contributed by atoms with Crippen molar-refractivity contribution >= 4 is 35.0 Å². The van der Waals surface area contributed by atoms with Crippen LogP contribution in [0.1, 0.15) is 28.8 Å². The Hall–Kier alpha value is -4.16. The van der Waals surface area contributed by atoms with Crippen LogP contribution in [0.3, 0.4) is 0 Å². The minimum atomic E-state index is -0.393. The summed E-state index contributed by atoms with van der Waals surface area (Å²) in [6.45, 7) is 3.74. The predicted octanol–water partition coefficient (Wildman–Crippen LogP) is 6.48. The number of hydrogen-bond acceptors (Lipinski definition) is 4. The van der Waals surface area contributed by atoms with Crippen LogP contribution in [0.15, 0.2) is 85.1 Å². The molecule has 3 aliphatic rings. The zero-order valence-electron chi connectivity index (χ0n) is 21.3. The van der Waals surface area contributed by atoms with Crippen LogP contribution in [-0.4, -0.2) is 47.6 Å². The molecule has 3 fully saturated rings. The van der Waals surface area contributed by atoms with Gasteiger partial charge in [0, 0.05) is 41.3 Å². The van der Waals surface area contributed by atoms with E-state index in [9.17, 15) is 9.59 Å². The molecule has 3 aliphatic heterocycles. The smallest absolute Gasteiger partial charge is 0.411 e. The number of aldehydes is 1. The third kappa shape index (κ3) is 5.13. The van der Waals surface area contributed by atoms with Gasteiger partial charge in [-0.25, -0.2) is 4.79 Å². The molecular formula is C32H31N3O3. The van der Waals surface area contributed by atoms with E-state index >= 15 is 0 Å². The highest BCUT2D eigenvalue weighted by molar-refractivity contribution is 5.92. The number of hydrogen-bond donors (Lipinski definition) is 1. The molecule has 6 heteroatoms. The van der Waals surface area contributed by atoms with E-state index in [1.165, 1.54) is 0 Å². The summed E-state index contributed by atoms with van der Waals surface area (Å²) in [5.74, 6) is 0.461. The molecule has 1 aromatic heterocycles. The molecule has 0 spiro atoms. The Morgan fingerprint density at radius 3 is 2.55 bits per heavy atom. The largest absolute Gasteiger partial charge is 0.444 e. The van der Waals surface area contributed by atoms with Gasteiger partial charge in [-0.2, -0.15) is 0 Å². The van der Waals surface area contributed by atoms with Crippen LogP contribution in [0.5, 0.6) is 0 Å². The second-order valence-electron chi connectivity index (χ2n) is 10.2. The van der Waals surface area contributed by atoms with Gasteiger partial charge in [0.25, 0.3) is 0 Å². The Kier molecular flexibility index (Phi) is 6.80. The monoisotopic (exact) mass is 505 g/mol. The third-order valence-electron chi connectivity index (χ3n) is 7.76. The number of carbonyl (C=O) groups is 2. The van der Waals surface area contributed by atoms with Crippen molar-refractivity contribution in [1.29, 1.82) is 0 Å². The highest BCUT2D eigenvalue weighted by Crippen LogP contribution is 2.32. The fourth-order valence-corrected chi connectivity index (χ4v) is 5.71. The SMILES string of the molecule is O=Cc1ccc2c(ccn2C/C=C/c2ccc(-c3ccccc3)c(NC(=O)O[C@H]3CN4CCC3CC4)c2)c1. The molecule has 0 radical (unpaired) electrons. The highest BCUT2D eigenvalue weighted by atomic mass is 16.6. The molecule has 4 heterocycles. The fourth-order valence-electron chi connectivity index (χ4n) is 5.71. The summed E-state index contributed by atoms with van der Waals surface area (Å²) in [4.78, 5) is 26.4. The van der Waals surface area contributed by atoms with Crippen LogP contribution >= 0.6 is 0 Å². The number of nitrogens with one attached hydrogen (secondary N) is 1. The van der Waals surface area contributed by atoms with Crippen molar-refractivity contribution in [3.8, 4) is 11.1 Å². The van der Waals surface area contributed by atoms with Crippen LogP contribution < -0.4 is 5.32 Å². The molecule has 2 bridgehead atoms. The van der Waals surface area contributed by atoms with E-state index in [0.717, 1.165) is 72.0 Å². The molecule has 7 rings (SSSR count). The third-order valence-corrected chi connectivity index (χ3v) is 7.76. The van der Waals surface area contributed by atoms with E-state index in [2.05, 4.69) is 33.0 Å². The number of benzene rings is 3. The van der Waals surface area contributed by atoms with Gasteiger partial charge in [0.2, 0.25) is 0 Å². The molecule has 1 atom stereocenters. The number of anilines is 1. The van der Waals surface area contributed by atoms with Gasteiger partial charge >= 0.3 is 6.09 Å². The van der Waals surface area contributed by atoms with Gasteiger partial charge in [-0.1, -0.05) is 54.6 Å².